The average molecular weight is 1210 g/mol. The van der Waals surface area contributed by atoms with Crippen LogP contribution in [0.15, 0.2) is 66.3 Å². The van der Waals surface area contributed by atoms with Gasteiger partial charge in [0.05, 0.1) is 45.7 Å². The topological polar surface area (TPSA) is 214 Å². The van der Waals surface area contributed by atoms with E-state index in [-0.39, 0.29) is 92.1 Å². The number of rotatable bonds is 21. The van der Waals surface area contributed by atoms with Crippen LogP contribution in [0.5, 0.6) is 11.8 Å². The number of halogens is 1. The lowest BCUT2D eigenvalue weighted by Gasteiger charge is -2.42. The van der Waals surface area contributed by atoms with Gasteiger partial charge in [-0.3, -0.25) is 29.2 Å². The van der Waals surface area contributed by atoms with Crippen LogP contribution >= 0.6 is 11.3 Å². The monoisotopic (exact) mass is 1210 g/mol. The van der Waals surface area contributed by atoms with Gasteiger partial charge in [0.2, 0.25) is 17.7 Å². The van der Waals surface area contributed by atoms with Gasteiger partial charge in [-0.1, -0.05) is 76.6 Å². The number of aliphatic hydroxyl groups excluding tert-OH is 1. The summed E-state index contributed by atoms with van der Waals surface area (Å²) in [6, 6.07) is 15.3. The van der Waals surface area contributed by atoms with E-state index >= 15 is 4.39 Å². The van der Waals surface area contributed by atoms with Gasteiger partial charge in [-0.2, -0.15) is 9.97 Å². The highest BCUT2D eigenvalue weighted by atomic mass is 32.1. The summed E-state index contributed by atoms with van der Waals surface area (Å²) in [6.45, 7) is 20.0. The number of ether oxygens (including phenoxy) is 4. The summed E-state index contributed by atoms with van der Waals surface area (Å²) < 4.78 is 41.3. The van der Waals surface area contributed by atoms with Gasteiger partial charge in [-0.15, -0.1) is 11.3 Å². The number of nitrogens with one attached hydrogen (secondary N) is 2. The number of methoxy groups -OCH3 is 1. The Bertz CT molecular complexity index is 3450. The zero-order chi connectivity index (χ0) is 61.9. The molecule has 466 valence electrons. The standard InChI is InChI=1S/C66H85FN10O9S/c1-11-41-17-15-18-44-29-49(85-38-83-10)31-50(54(41)44)56-55(67)57-51(32-68-56)60(75-33-45-25-26-46(34-75)77(45)64(82)86-66(7,8)9)73-63(72-57)84-36-47-19-16-28-74(47)27-14-12-13-20-53(79)71-59(65(4,5)6)62(81)76-35-48(78)30-52(76)61(80)70-39(2)42-21-23-43(24-22-42)58-40(3)69-37-87-58/h15,17-18,21-24,29,31-32,37,39,45-48,52,59,78H,11-14,16,19-20,25-28,30,33-36,38H2,1-10H3,(H,70,80)(H,71,79)/t39-,45-,46+,47-,48+,52-,59+/m0/s1. The minimum absolute atomic E-state index is 0.0104. The Morgan fingerprint density at radius 1 is 0.908 bits per heavy atom. The van der Waals surface area contributed by atoms with Crippen LogP contribution in [-0.4, -0.2) is 159 Å². The van der Waals surface area contributed by atoms with Gasteiger partial charge >= 0.3 is 12.1 Å². The molecule has 4 aliphatic rings. The summed E-state index contributed by atoms with van der Waals surface area (Å²) in [4.78, 5) is 83.4. The number of anilines is 1. The van der Waals surface area contributed by atoms with Crippen molar-refractivity contribution < 1.29 is 47.6 Å². The normalized spacial score (nSPS) is 20.5. The number of piperazine rings is 1. The highest BCUT2D eigenvalue weighted by Crippen LogP contribution is 2.41. The first-order valence-electron chi connectivity index (χ1n) is 30.8. The molecular weight excluding hydrogens is 1130 g/mol. The minimum atomic E-state index is -0.925. The Morgan fingerprint density at radius 3 is 2.36 bits per heavy atom. The van der Waals surface area contributed by atoms with Crippen molar-refractivity contribution in [2.75, 3.05) is 58.1 Å². The van der Waals surface area contributed by atoms with Crippen molar-refractivity contribution in [2.45, 2.75) is 174 Å². The summed E-state index contributed by atoms with van der Waals surface area (Å²) >= 11 is 1.58. The Hall–Kier alpha value is -7.07. The number of amides is 4. The van der Waals surface area contributed by atoms with E-state index < -0.39 is 40.9 Å². The van der Waals surface area contributed by atoms with Crippen molar-refractivity contribution in [1.82, 2.24) is 45.3 Å². The molecule has 3 aromatic heterocycles. The van der Waals surface area contributed by atoms with Crippen molar-refractivity contribution in [3.05, 3.63) is 88.9 Å². The van der Waals surface area contributed by atoms with Gasteiger partial charge in [0.25, 0.3) is 0 Å². The van der Waals surface area contributed by atoms with E-state index in [1.807, 2.05) is 114 Å². The van der Waals surface area contributed by atoms with Gasteiger partial charge < -0.3 is 44.5 Å². The van der Waals surface area contributed by atoms with E-state index in [0.717, 1.165) is 89.6 Å². The van der Waals surface area contributed by atoms with Crippen molar-refractivity contribution in [3.63, 3.8) is 0 Å². The van der Waals surface area contributed by atoms with E-state index in [2.05, 4.69) is 32.3 Å². The number of fused-ring (bicyclic) bond motifs is 4. The summed E-state index contributed by atoms with van der Waals surface area (Å²) in [5, 5.41) is 19.1. The number of thiazole rings is 1. The molecule has 6 aromatic rings. The number of β-amino-alcohol motifs (C(OH)–C–C–N with tert-alkyl or cyclic N) is 1. The summed E-state index contributed by atoms with van der Waals surface area (Å²) in [5.74, 6) is -0.628. The molecule has 0 radical (unpaired) electrons. The number of unbranched alkanes of at least 4 members (excludes halogenated alkanes) is 2. The first-order valence-corrected chi connectivity index (χ1v) is 31.7. The van der Waals surface area contributed by atoms with E-state index in [9.17, 15) is 24.3 Å². The Labute approximate surface area is 513 Å². The van der Waals surface area contributed by atoms with Gasteiger partial charge in [0, 0.05) is 57.4 Å². The molecule has 4 saturated heterocycles. The van der Waals surface area contributed by atoms with Gasteiger partial charge in [-0.05, 0) is 138 Å². The van der Waals surface area contributed by atoms with Crippen molar-refractivity contribution in [2.24, 2.45) is 5.41 Å². The van der Waals surface area contributed by atoms with Crippen LogP contribution in [-0.2, 0) is 30.3 Å². The fourth-order valence-electron chi connectivity index (χ4n) is 12.9. The number of hydrogen-bond acceptors (Lipinski definition) is 16. The smallest absolute Gasteiger partial charge is 0.410 e. The molecule has 0 spiro atoms. The van der Waals surface area contributed by atoms with E-state index in [4.69, 9.17) is 33.9 Å². The molecule has 4 fully saturated rings. The molecule has 87 heavy (non-hydrogen) atoms. The lowest BCUT2D eigenvalue weighted by molar-refractivity contribution is -0.144. The van der Waals surface area contributed by atoms with Crippen LogP contribution in [0.2, 0.25) is 0 Å². The lowest BCUT2D eigenvalue weighted by atomic mass is 9.85. The second-order valence-electron chi connectivity index (χ2n) is 25.9. The number of benzene rings is 3. The molecule has 10 rings (SSSR count). The molecule has 0 saturated carbocycles. The predicted molar refractivity (Wildman–Crippen MR) is 334 cm³/mol. The van der Waals surface area contributed by atoms with Crippen LogP contribution in [0.4, 0.5) is 15.0 Å². The van der Waals surface area contributed by atoms with Gasteiger partial charge in [0.15, 0.2) is 12.6 Å². The molecule has 3 N–H and O–H groups in total. The fraction of sp³-hybridized carbons (Fsp3) is 0.545. The van der Waals surface area contributed by atoms with Crippen LogP contribution in [0.1, 0.15) is 136 Å². The van der Waals surface area contributed by atoms with Crippen LogP contribution < -0.4 is 25.0 Å². The highest BCUT2D eigenvalue weighted by Gasteiger charge is 2.47. The fourth-order valence-corrected chi connectivity index (χ4v) is 13.8. The third-order valence-electron chi connectivity index (χ3n) is 17.4. The average Bonchev–Trinajstić information content (AvgIpc) is 1.42. The zero-order valence-electron chi connectivity index (χ0n) is 52.0. The van der Waals surface area contributed by atoms with Crippen molar-refractivity contribution in [3.8, 4) is 33.5 Å². The number of aliphatic hydroxyl groups is 1. The predicted octanol–water partition coefficient (Wildman–Crippen LogP) is 10.3. The summed E-state index contributed by atoms with van der Waals surface area (Å²) in [7, 11) is 1.55. The summed E-state index contributed by atoms with van der Waals surface area (Å²) in [6.07, 6.45) is 7.08. The number of carbonyl (C=O) groups is 4. The maximum atomic E-state index is 17.7. The number of pyridine rings is 1. The molecule has 4 aliphatic heterocycles. The zero-order valence-corrected chi connectivity index (χ0v) is 52.8. The molecule has 7 atom stereocenters. The number of nitrogens with zero attached hydrogens (tertiary/aromatic N) is 8. The van der Waals surface area contributed by atoms with Crippen LogP contribution in [0.3, 0.4) is 0 Å². The molecule has 2 bridgehead atoms. The molecule has 0 aliphatic carbocycles. The summed E-state index contributed by atoms with van der Waals surface area (Å²) in [5.41, 5.74) is 5.18. The molecule has 0 unspecified atom stereocenters. The number of aryl methyl sites for hydroxylation is 2. The molecule has 19 nitrogen and oxygen atoms in total. The molecule has 4 amide bonds. The first-order chi connectivity index (χ1) is 41.6. The maximum Gasteiger partial charge on any atom is 0.410 e. The number of likely N-dealkylation sites (tertiary alicyclic amines) is 2. The number of aromatic nitrogens is 4. The quantitative estimate of drug-likeness (QED) is 0.0452. The van der Waals surface area contributed by atoms with E-state index in [1.165, 1.54) is 4.90 Å². The SMILES string of the molecule is CCc1cccc2cc(OCOC)cc(-c3ncc4c(N5C[C@H]6CC[C@@H](C5)N6C(=O)OC(C)(C)C)nc(OC[C@@H]5CCCN5CCCCCC(=O)N[C@H](C(=O)N5C[C@H](O)C[C@H]5C(=O)N[C@@H](C)c5ccc(-c6scnc6C)cc5)C(C)(C)C)nc4c3F)c12. The van der Waals surface area contributed by atoms with Crippen LogP contribution in [0, 0.1) is 18.2 Å². The molecule has 3 aromatic carbocycles. The second-order valence-corrected chi connectivity index (χ2v) is 26.8. The third kappa shape index (κ3) is 14.3. The Morgan fingerprint density at radius 2 is 1.67 bits per heavy atom. The van der Waals surface area contributed by atoms with Crippen molar-refractivity contribution >= 4 is 62.6 Å². The van der Waals surface area contributed by atoms with E-state index in [1.54, 1.807) is 30.7 Å². The largest absolute Gasteiger partial charge is 0.468 e. The van der Waals surface area contributed by atoms with Gasteiger partial charge in [-0.25, -0.2) is 14.2 Å². The Kier molecular flexibility index (Phi) is 19.3. The highest BCUT2D eigenvalue weighted by molar-refractivity contribution is 7.13. The lowest BCUT2D eigenvalue weighted by Crippen LogP contribution is -2.57. The second kappa shape index (κ2) is 26.7. The van der Waals surface area contributed by atoms with E-state index in [0.29, 0.717) is 48.4 Å². The third-order valence-corrected chi connectivity index (χ3v) is 18.3. The molecule has 21 heteroatoms. The number of carbonyl (C=O) groups excluding carboxylic acids is 4. The maximum absolute atomic E-state index is 17.7. The number of hydrogen-bond donors (Lipinski definition) is 3. The first kappa shape index (κ1) is 63.0. The molecular formula is C66H85FN10O9S. The Balaban J connectivity index is 0.785. The minimum Gasteiger partial charge on any atom is -0.468 e. The molecule has 7 heterocycles. The van der Waals surface area contributed by atoms with Crippen LogP contribution in [0.25, 0.3) is 43.4 Å². The van der Waals surface area contributed by atoms with Gasteiger partial charge in [0.1, 0.15) is 47.1 Å². The van der Waals surface area contributed by atoms with Crippen molar-refractivity contribution in [1.29, 1.82) is 0 Å².